The number of aromatic nitrogens is 1. The van der Waals surface area contributed by atoms with Gasteiger partial charge in [0.1, 0.15) is 5.03 Å². The van der Waals surface area contributed by atoms with E-state index in [1.807, 2.05) is 0 Å². The zero-order chi connectivity index (χ0) is 21.3. The van der Waals surface area contributed by atoms with E-state index in [2.05, 4.69) is 4.98 Å². The maximum atomic E-state index is 13.0. The summed E-state index contributed by atoms with van der Waals surface area (Å²) in [6.45, 7) is 0. The third-order valence-electron chi connectivity index (χ3n) is 3.34. The van der Waals surface area contributed by atoms with Gasteiger partial charge in [-0.05, 0) is 18.2 Å². The smallest absolute Gasteiger partial charge is 0.293 e. The number of pyridine rings is 1. The van der Waals surface area contributed by atoms with E-state index in [4.69, 9.17) is 0 Å². The van der Waals surface area contributed by atoms with Gasteiger partial charge in [-0.1, -0.05) is 23.9 Å². The van der Waals surface area contributed by atoms with E-state index in [9.17, 15) is 44.3 Å². The molecular formula is C16H8F9NOS. The first kappa shape index (κ1) is 22.1. The van der Waals surface area contributed by atoms with E-state index < -0.39 is 57.3 Å². The highest BCUT2D eigenvalue weighted by molar-refractivity contribution is 8.00. The summed E-state index contributed by atoms with van der Waals surface area (Å²) in [6.07, 6.45) is -14.8. The Kier molecular flexibility index (Phi) is 6.02. The molecule has 0 radical (unpaired) electrons. The molecule has 28 heavy (non-hydrogen) atoms. The standard InChI is InChI=1S/C16H8F9NOS/c17-14(18,19)9-3-1-2-8(4-9)12(27)7-28-13-11(16(23,24)25)5-10(6-26-13)15(20,21)22/h1-6H,7H2. The van der Waals surface area contributed by atoms with Crippen molar-refractivity contribution in [2.24, 2.45) is 0 Å². The van der Waals surface area contributed by atoms with E-state index in [1.54, 1.807) is 0 Å². The maximum Gasteiger partial charge on any atom is 0.419 e. The second-order valence-corrected chi connectivity index (χ2v) is 6.33. The van der Waals surface area contributed by atoms with Gasteiger partial charge >= 0.3 is 18.5 Å². The molecule has 2 aromatic rings. The lowest BCUT2D eigenvalue weighted by atomic mass is 10.1. The van der Waals surface area contributed by atoms with Gasteiger partial charge in [-0.25, -0.2) is 4.98 Å². The second-order valence-electron chi connectivity index (χ2n) is 5.36. The van der Waals surface area contributed by atoms with Crippen LogP contribution in [-0.2, 0) is 18.5 Å². The summed E-state index contributed by atoms with van der Waals surface area (Å²) in [4.78, 5) is 15.1. The van der Waals surface area contributed by atoms with Crippen LogP contribution in [-0.4, -0.2) is 16.5 Å². The fourth-order valence-electron chi connectivity index (χ4n) is 2.01. The number of Topliss-reactive ketones (excluding diaryl/α,β-unsaturated/α-hetero) is 1. The van der Waals surface area contributed by atoms with E-state index in [0.29, 0.717) is 12.1 Å². The summed E-state index contributed by atoms with van der Waals surface area (Å²) in [5, 5.41) is -0.888. The highest BCUT2D eigenvalue weighted by Crippen LogP contribution is 2.39. The molecule has 0 fully saturated rings. The molecule has 1 heterocycles. The Morgan fingerprint density at radius 1 is 0.857 bits per heavy atom. The maximum absolute atomic E-state index is 13.0. The summed E-state index contributed by atoms with van der Waals surface area (Å²) < 4.78 is 115. The highest BCUT2D eigenvalue weighted by Gasteiger charge is 2.39. The van der Waals surface area contributed by atoms with Crippen molar-refractivity contribution in [1.29, 1.82) is 0 Å². The van der Waals surface area contributed by atoms with Crippen molar-refractivity contribution in [3.05, 3.63) is 58.8 Å². The van der Waals surface area contributed by atoms with E-state index in [0.717, 1.165) is 12.1 Å². The van der Waals surface area contributed by atoms with Crippen molar-refractivity contribution in [1.82, 2.24) is 4.98 Å². The Bertz CT molecular complexity index is 872. The Balaban J connectivity index is 2.26. The van der Waals surface area contributed by atoms with Gasteiger partial charge in [0.15, 0.2) is 5.78 Å². The molecule has 1 aromatic heterocycles. The van der Waals surface area contributed by atoms with E-state index in [-0.39, 0.29) is 24.0 Å². The van der Waals surface area contributed by atoms with Crippen LogP contribution in [0, 0.1) is 0 Å². The molecule has 0 aliphatic heterocycles. The average molecular weight is 433 g/mol. The number of alkyl halides is 9. The summed E-state index contributed by atoms with van der Waals surface area (Å²) in [5.41, 5.74) is -4.83. The molecule has 0 aliphatic carbocycles. The summed E-state index contributed by atoms with van der Waals surface area (Å²) in [7, 11) is 0. The van der Waals surface area contributed by atoms with Crippen LogP contribution in [0.5, 0.6) is 0 Å². The lowest BCUT2D eigenvalue weighted by Gasteiger charge is -2.14. The molecule has 2 nitrogen and oxygen atoms in total. The van der Waals surface area contributed by atoms with Gasteiger partial charge < -0.3 is 0 Å². The third kappa shape index (κ3) is 5.40. The predicted octanol–water partition coefficient (Wildman–Crippen LogP) is 6.11. The van der Waals surface area contributed by atoms with Crippen LogP contribution in [0.15, 0.2) is 41.6 Å². The van der Waals surface area contributed by atoms with Gasteiger partial charge in [-0.15, -0.1) is 0 Å². The van der Waals surface area contributed by atoms with Gasteiger partial charge in [0.25, 0.3) is 0 Å². The van der Waals surface area contributed by atoms with Crippen molar-refractivity contribution in [2.75, 3.05) is 5.75 Å². The minimum absolute atomic E-state index is 0.135. The van der Waals surface area contributed by atoms with Crippen LogP contribution >= 0.6 is 11.8 Å². The lowest BCUT2D eigenvalue weighted by Crippen LogP contribution is -2.14. The first-order valence-corrected chi connectivity index (χ1v) is 8.16. The van der Waals surface area contributed by atoms with Crippen molar-refractivity contribution >= 4 is 17.5 Å². The Hall–Kier alpha value is -2.24. The van der Waals surface area contributed by atoms with Gasteiger partial charge in [0.05, 0.1) is 22.4 Å². The van der Waals surface area contributed by atoms with Gasteiger partial charge in [0.2, 0.25) is 0 Å². The summed E-state index contributed by atoms with van der Waals surface area (Å²) >= 11 is 0.180. The van der Waals surface area contributed by atoms with Crippen molar-refractivity contribution in [3.8, 4) is 0 Å². The molecule has 0 aliphatic rings. The van der Waals surface area contributed by atoms with E-state index >= 15 is 0 Å². The van der Waals surface area contributed by atoms with Crippen LogP contribution in [0.1, 0.15) is 27.0 Å². The first-order valence-electron chi connectivity index (χ1n) is 7.17. The lowest BCUT2D eigenvalue weighted by molar-refractivity contribution is -0.145. The number of carbonyl (C=O) groups is 1. The van der Waals surface area contributed by atoms with Crippen LogP contribution in [0.2, 0.25) is 0 Å². The molecule has 152 valence electrons. The van der Waals surface area contributed by atoms with Crippen LogP contribution < -0.4 is 0 Å². The molecule has 0 saturated carbocycles. The number of hydrogen-bond donors (Lipinski definition) is 0. The minimum atomic E-state index is -5.17. The quantitative estimate of drug-likeness (QED) is 0.331. The second kappa shape index (κ2) is 7.64. The molecule has 0 atom stereocenters. The van der Waals surface area contributed by atoms with Crippen molar-refractivity contribution in [2.45, 2.75) is 23.6 Å². The molecular weight excluding hydrogens is 425 g/mol. The van der Waals surface area contributed by atoms with Gasteiger partial charge in [-0.3, -0.25) is 4.79 Å². The predicted molar refractivity (Wildman–Crippen MR) is 80.7 cm³/mol. The Morgan fingerprint density at radius 2 is 1.46 bits per heavy atom. The van der Waals surface area contributed by atoms with E-state index in [1.165, 1.54) is 0 Å². The van der Waals surface area contributed by atoms with Gasteiger partial charge in [-0.2, -0.15) is 39.5 Å². The molecule has 1 aromatic carbocycles. The highest BCUT2D eigenvalue weighted by atomic mass is 32.2. The molecule has 12 heteroatoms. The largest absolute Gasteiger partial charge is 0.419 e. The Morgan fingerprint density at radius 3 is 2.00 bits per heavy atom. The summed E-state index contributed by atoms with van der Waals surface area (Å²) in [6, 6.07) is 3.11. The number of halogens is 9. The average Bonchev–Trinajstić information content (AvgIpc) is 2.57. The number of carbonyl (C=O) groups excluding carboxylic acids is 1. The van der Waals surface area contributed by atoms with Gasteiger partial charge in [0, 0.05) is 11.8 Å². The molecule has 0 bridgehead atoms. The fourth-order valence-corrected chi connectivity index (χ4v) is 2.90. The topological polar surface area (TPSA) is 30.0 Å². The van der Waals surface area contributed by atoms with Crippen LogP contribution in [0.3, 0.4) is 0 Å². The molecule has 0 saturated heterocycles. The monoisotopic (exact) mass is 433 g/mol. The third-order valence-corrected chi connectivity index (χ3v) is 4.34. The summed E-state index contributed by atoms with van der Waals surface area (Å²) in [5.74, 6) is -1.69. The number of benzene rings is 1. The Labute approximate surface area is 155 Å². The number of thioether (sulfide) groups is 1. The number of nitrogens with zero attached hydrogens (tertiary/aromatic N) is 1. The number of rotatable bonds is 4. The molecule has 0 spiro atoms. The molecule has 0 amide bonds. The fraction of sp³-hybridized carbons (Fsp3) is 0.250. The first-order chi connectivity index (χ1) is 12.7. The normalized spacial score (nSPS) is 12.9. The molecule has 0 unspecified atom stereocenters. The molecule has 2 rings (SSSR count). The molecule has 0 N–H and O–H groups in total. The zero-order valence-corrected chi connectivity index (χ0v) is 14.2. The number of ketones is 1. The number of hydrogen-bond acceptors (Lipinski definition) is 3. The van der Waals surface area contributed by atoms with Crippen LogP contribution in [0.4, 0.5) is 39.5 Å². The van der Waals surface area contributed by atoms with Crippen molar-refractivity contribution < 1.29 is 44.3 Å². The van der Waals surface area contributed by atoms with Crippen molar-refractivity contribution in [3.63, 3.8) is 0 Å². The zero-order valence-electron chi connectivity index (χ0n) is 13.3. The minimum Gasteiger partial charge on any atom is -0.293 e. The SMILES string of the molecule is O=C(CSc1ncc(C(F)(F)F)cc1C(F)(F)F)c1cccc(C(F)(F)F)c1. The van der Waals surface area contributed by atoms with Crippen LogP contribution in [0.25, 0.3) is 0 Å².